The summed E-state index contributed by atoms with van der Waals surface area (Å²) in [7, 11) is 0. The predicted molar refractivity (Wildman–Crippen MR) is 214 cm³/mol. The van der Waals surface area contributed by atoms with E-state index in [1.165, 1.54) is 9.80 Å². The van der Waals surface area contributed by atoms with Crippen LogP contribution in [0.5, 0.6) is 0 Å². The van der Waals surface area contributed by atoms with Crippen LogP contribution in [0.4, 0.5) is 0 Å². The van der Waals surface area contributed by atoms with Crippen molar-refractivity contribution >= 4 is 89.9 Å². The summed E-state index contributed by atoms with van der Waals surface area (Å²) < 4.78 is 0. The van der Waals surface area contributed by atoms with Crippen molar-refractivity contribution < 1.29 is 19.2 Å². The Morgan fingerprint density at radius 2 is 0.815 bits per heavy atom. The van der Waals surface area contributed by atoms with Crippen molar-refractivity contribution in [2.75, 3.05) is 13.1 Å². The van der Waals surface area contributed by atoms with E-state index in [2.05, 4.69) is 23.7 Å². The monoisotopic (exact) mass is 742 g/mol. The van der Waals surface area contributed by atoms with E-state index in [1.54, 1.807) is 48.5 Å². The van der Waals surface area contributed by atoms with Crippen LogP contribution in [0.1, 0.15) is 90.4 Å². The number of rotatable bonds is 4. The molecule has 0 bridgehead atoms. The van der Waals surface area contributed by atoms with E-state index in [1.807, 2.05) is 50.2 Å². The molecule has 0 N–H and O–H groups in total. The molecule has 6 nitrogen and oxygen atoms in total. The summed E-state index contributed by atoms with van der Waals surface area (Å²) in [5, 5.41) is 6.60. The second-order valence-corrected chi connectivity index (χ2v) is 14.4. The molecule has 0 unspecified atom stereocenters. The third-order valence-corrected chi connectivity index (χ3v) is 10.8. The first-order valence-electron chi connectivity index (χ1n) is 17.8. The van der Waals surface area contributed by atoms with Crippen LogP contribution in [0.15, 0.2) is 84.9 Å². The molecular weight excluding hydrogens is 715 g/mol. The molecule has 260 valence electrons. The van der Waals surface area contributed by atoms with Gasteiger partial charge in [0.25, 0.3) is 23.6 Å². The molecule has 0 spiro atoms. The van der Waals surface area contributed by atoms with Gasteiger partial charge in [-0.05, 0) is 96.4 Å². The molecule has 0 aromatic heterocycles. The number of hydrogen-bond acceptors (Lipinski definition) is 4. The zero-order valence-corrected chi connectivity index (χ0v) is 30.7. The second kappa shape index (κ2) is 12.7. The molecule has 8 heteroatoms. The number of hydrogen-bond donors (Lipinski definition) is 0. The summed E-state index contributed by atoms with van der Waals surface area (Å²) >= 11 is 12.3. The number of carbonyl (C=O) groups excluding carboxylic acids is 4. The largest absolute Gasteiger partial charge is 0.274 e. The Morgan fingerprint density at radius 1 is 0.444 bits per heavy atom. The maximum Gasteiger partial charge on any atom is 0.261 e. The van der Waals surface area contributed by atoms with Gasteiger partial charge in [0.05, 0.1) is 0 Å². The zero-order chi connectivity index (χ0) is 37.4. The van der Waals surface area contributed by atoms with Crippen molar-refractivity contribution in [3.63, 3.8) is 0 Å². The fraction of sp³-hybridized carbons (Fsp3) is 0.130. The van der Waals surface area contributed by atoms with Crippen LogP contribution in [0, 0.1) is 23.7 Å². The highest BCUT2D eigenvalue weighted by Gasteiger charge is 2.37. The topological polar surface area (TPSA) is 74.8 Å². The summed E-state index contributed by atoms with van der Waals surface area (Å²) in [6.07, 6.45) is 1.22. The molecule has 54 heavy (non-hydrogen) atoms. The molecule has 7 aromatic rings. The molecule has 2 aliphatic heterocycles. The molecule has 9 rings (SSSR count). The first-order valence-corrected chi connectivity index (χ1v) is 18.5. The van der Waals surface area contributed by atoms with Crippen LogP contribution >= 0.6 is 23.2 Å². The van der Waals surface area contributed by atoms with E-state index in [0.29, 0.717) is 77.8 Å². The highest BCUT2D eigenvalue weighted by molar-refractivity contribution is 6.42. The maximum absolute atomic E-state index is 14.2. The highest BCUT2D eigenvalue weighted by Crippen LogP contribution is 2.48. The number of nitrogens with zero attached hydrogens (tertiary/aromatic N) is 2. The normalized spacial score (nSPS) is 13.6. The van der Waals surface area contributed by atoms with E-state index >= 15 is 0 Å². The Labute approximate surface area is 320 Å². The van der Waals surface area contributed by atoms with E-state index in [-0.39, 0.29) is 36.7 Å². The Balaban J connectivity index is 1.47. The van der Waals surface area contributed by atoms with Crippen LogP contribution in [-0.2, 0) is 0 Å². The summed E-state index contributed by atoms with van der Waals surface area (Å²) in [6.45, 7) is 4.42. The standard InChI is InChI=1S/C46H28Cl2N2O4/c1-3-21-49-43(51)33-19-17-31-38-28(12-6-26-9-15-30(48)16-10-26)24-36-40-34(44(52)50(22-4-2)46(36)54)20-18-32(42(38)40)37-27(11-5-25-7-13-29(47)14-8-25)23-35(45(49)53)39(33)41(31)37/h7-10,13-20,23-24H,3-4,21-22H2,1-2H3. The third kappa shape index (κ3) is 4.99. The van der Waals surface area contributed by atoms with Crippen molar-refractivity contribution in [3.8, 4) is 23.7 Å². The Morgan fingerprint density at radius 3 is 1.19 bits per heavy atom. The highest BCUT2D eigenvalue weighted by atomic mass is 35.5. The van der Waals surface area contributed by atoms with Crippen molar-refractivity contribution in [2.45, 2.75) is 26.7 Å². The van der Waals surface area contributed by atoms with Gasteiger partial charge in [-0.25, -0.2) is 0 Å². The van der Waals surface area contributed by atoms with Crippen LogP contribution in [0.3, 0.4) is 0 Å². The number of carbonyl (C=O) groups is 4. The molecule has 0 saturated heterocycles. The van der Waals surface area contributed by atoms with Crippen LogP contribution in [0.25, 0.3) is 43.1 Å². The SMILES string of the molecule is CCCN1C(=O)c2ccc3c4c(C#Cc5ccc(Cl)cc5)cc5c6c(ccc(c7c(C#Cc8ccc(Cl)cc8)cc(c2c37)C1=O)c64)C(=O)N(CCC)C5=O. The minimum absolute atomic E-state index is 0.281. The number of imide groups is 2. The van der Waals surface area contributed by atoms with Gasteiger partial charge in [-0.1, -0.05) is 72.9 Å². The second-order valence-electron chi connectivity index (χ2n) is 13.6. The summed E-state index contributed by atoms with van der Waals surface area (Å²) in [5.74, 6) is 11.8. The molecule has 0 radical (unpaired) electrons. The number of amides is 4. The zero-order valence-electron chi connectivity index (χ0n) is 29.2. The average Bonchev–Trinajstić information content (AvgIpc) is 3.18. The maximum atomic E-state index is 14.2. The Kier molecular flexibility index (Phi) is 7.94. The van der Waals surface area contributed by atoms with Crippen LogP contribution < -0.4 is 0 Å². The van der Waals surface area contributed by atoms with Crippen LogP contribution in [-0.4, -0.2) is 46.5 Å². The third-order valence-electron chi connectivity index (χ3n) is 10.3. The van der Waals surface area contributed by atoms with Gasteiger partial charge in [0.15, 0.2) is 0 Å². The number of benzene rings is 7. The first-order chi connectivity index (χ1) is 26.2. The van der Waals surface area contributed by atoms with Gasteiger partial charge in [0.1, 0.15) is 0 Å². The van der Waals surface area contributed by atoms with Gasteiger partial charge < -0.3 is 0 Å². The minimum Gasteiger partial charge on any atom is -0.274 e. The van der Waals surface area contributed by atoms with E-state index in [9.17, 15) is 19.2 Å². The van der Waals surface area contributed by atoms with Gasteiger partial charge in [-0.2, -0.15) is 0 Å². The van der Waals surface area contributed by atoms with Crippen molar-refractivity contribution in [1.29, 1.82) is 0 Å². The minimum atomic E-state index is -0.376. The van der Waals surface area contributed by atoms with E-state index in [4.69, 9.17) is 23.2 Å². The number of fused-ring (bicyclic) bond motifs is 2. The van der Waals surface area contributed by atoms with Gasteiger partial charge >= 0.3 is 0 Å². The molecule has 0 aliphatic carbocycles. The molecule has 0 fully saturated rings. The molecular formula is C46H28Cl2N2O4. The quantitative estimate of drug-likeness (QED) is 0.0779. The van der Waals surface area contributed by atoms with Crippen LogP contribution in [0.2, 0.25) is 10.0 Å². The molecule has 2 heterocycles. The first kappa shape index (κ1) is 33.6. The summed E-state index contributed by atoms with van der Waals surface area (Å²) in [5.41, 5.74) is 4.24. The Hall–Kier alpha value is -6.18. The fourth-order valence-electron chi connectivity index (χ4n) is 7.96. The molecule has 7 aromatic carbocycles. The summed E-state index contributed by atoms with van der Waals surface area (Å²) in [4.78, 5) is 59.0. The number of halogens is 2. The smallest absolute Gasteiger partial charge is 0.261 e. The lowest BCUT2D eigenvalue weighted by Crippen LogP contribution is -2.41. The molecule has 0 atom stereocenters. The van der Waals surface area contributed by atoms with Gasteiger partial charge in [0, 0.05) is 100.0 Å². The summed E-state index contributed by atoms with van der Waals surface area (Å²) in [6, 6.07) is 25.3. The van der Waals surface area contributed by atoms with Gasteiger partial charge in [0.2, 0.25) is 0 Å². The van der Waals surface area contributed by atoms with Gasteiger partial charge in [-0.3, -0.25) is 29.0 Å². The van der Waals surface area contributed by atoms with Crippen molar-refractivity contribution in [1.82, 2.24) is 9.80 Å². The molecule has 0 saturated carbocycles. The lowest BCUT2D eigenvalue weighted by Gasteiger charge is -2.30. The lowest BCUT2D eigenvalue weighted by molar-refractivity contribution is 0.0595. The van der Waals surface area contributed by atoms with Crippen molar-refractivity contribution in [3.05, 3.63) is 139 Å². The predicted octanol–water partition coefficient (Wildman–Crippen LogP) is 9.86. The van der Waals surface area contributed by atoms with Crippen molar-refractivity contribution in [2.24, 2.45) is 0 Å². The van der Waals surface area contributed by atoms with Gasteiger partial charge in [-0.15, -0.1) is 0 Å². The molecule has 4 amide bonds. The Bertz CT molecular complexity index is 2760. The van der Waals surface area contributed by atoms with E-state index in [0.717, 1.165) is 32.7 Å². The fourth-order valence-corrected chi connectivity index (χ4v) is 8.21. The van der Waals surface area contributed by atoms with E-state index < -0.39 is 0 Å². The average molecular weight is 744 g/mol. The lowest BCUT2D eigenvalue weighted by atomic mass is 9.79. The molecule has 2 aliphatic rings.